The molecule has 90 valence electrons. The number of hydrogen-bond donors (Lipinski definition) is 2. The van der Waals surface area contributed by atoms with Crippen molar-refractivity contribution in [3.63, 3.8) is 0 Å². The molecule has 0 saturated carbocycles. The lowest BCUT2D eigenvalue weighted by atomic mass is 10.3. The van der Waals surface area contributed by atoms with Crippen LogP contribution < -0.4 is 5.32 Å². The van der Waals surface area contributed by atoms with E-state index in [1.54, 1.807) is 6.92 Å². The Morgan fingerprint density at radius 1 is 1.71 bits per heavy atom. The Hall–Kier alpha value is -2.51. The summed E-state index contributed by atoms with van der Waals surface area (Å²) in [6.45, 7) is 1.74. The zero-order valence-electron chi connectivity index (χ0n) is 8.95. The number of ether oxygens (including phenoxy) is 1. The Bertz CT molecular complexity index is 446. The molecule has 0 spiro atoms. The van der Waals surface area contributed by atoms with Crippen LogP contribution in [0.3, 0.4) is 0 Å². The van der Waals surface area contributed by atoms with Crippen molar-refractivity contribution in [3.05, 3.63) is 18.1 Å². The van der Waals surface area contributed by atoms with Gasteiger partial charge in [0.2, 0.25) is 12.1 Å². The average Bonchev–Trinajstić information content (AvgIpc) is 2.31. The minimum absolute atomic E-state index is 0.129. The molecule has 1 aromatic heterocycles. The highest BCUT2D eigenvalue weighted by Crippen LogP contribution is 2.03. The van der Waals surface area contributed by atoms with Crippen LogP contribution in [0.25, 0.3) is 0 Å². The fourth-order valence-electron chi connectivity index (χ4n) is 0.990. The first-order valence-electron chi connectivity index (χ1n) is 4.65. The maximum atomic E-state index is 11.4. The molecule has 1 aromatic rings. The molecular formula is C9H10N4O4. The van der Waals surface area contributed by atoms with E-state index < -0.39 is 11.7 Å². The van der Waals surface area contributed by atoms with E-state index in [9.17, 15) is 9.59 Å². The van der Waals surface area contributed by atoms with Crippen LogP contribution in [0.2, 0.25) is 0 Å². The lowest BCUT2D eigenvalue weighted by Crippen LogP contribution is -2.21. The first-order valence-corrected chi connectivity index (χ1v) is 4.65. The van der Waals surface area contributed by atoms with Crippen LogP contribution in [0, 0.1) is 0 Å². The maximum Gasteiger partial charge on any atom is 0.364 e. The summed E-state index contributed by atoms with van der Waals surface area (Å²) < 4.78 is 4.65. The van der Waals surface area contributed by atoms with Crippen molar-refractivity contribution in [1.29, 1.82) is 0 Å². The normalized spacial score (nSPS) is 10.8. The van der Waals surface area contributed by atoms with Gasteiger partial charge in [-0.15, -0.1) is 0 Å². The highest BCUT2D eigenvalue weighted by molar-refractivity contribution is 6.42. The molecule has 0 aliphatic carbocycles. The van der Waals surface area contributed by atoms with E-state index in [1.165, 1.54) is 12.3 Å². The van der Waals surface area contributed by atoms with Gasteiger partial charge in [-0.05, 0) is 13.0 Å². The second-order valence-electron chi connectivity index (χ2n) is 2.70. The summed E-state index contributed by atoms with van der Waals surface area (Å²) in [5.41, 5.74) is -0.429. The molecule has 0 atom stereocenters. The molecule has 0 aromatic carbocycles. The lowest BCUT2D eigenvalue weighted by Gasteiger charge is -2.03. The number of oxime groups is 1. The van der Waals surface area contributed by atoms with Gasteiger partial charge >= 0.3 is 5.97 Å². The zero-order valence-corrected chi connectivity index (χ0v) is 8.95. The second-order valence-corrected chi connectivity index (χ2v) is 2.70. The first-order chi connectivity index (χ1) is 8.22. The molecular weight excluding hydrogens is 228 g/mol. The quantitative estimate of drug-likeness (QED) is 0.241. The number of hydrogen-bond acceptors (Lipinski definition) is 7. The van der Waals surface area contributed by atoms with Crippen molar-refractivity contribution in [1.82, 2.24) is 9.97 Å². The van der Waals surface area contributed by atoms with Crippen LogP contribution in [0.4, 0.5) is 5.82 Å². The van der Waals surface area contributed by atoms with Gasteiger partial charge in [-0.3, -0.25) is 4.79 Å². The fraction of sp³-hybridized carbons (Fsp3) is 0.222. The van der Waals surface area contributed by atoms with Crippen LogP contribution in [-0.2, 0) is 14.3 Å². The van der Waals surface area contributed by atoms with Gasteiger partial charge in [-0.2, -0.15) is 0 Å². The van der Waals surface area contributed by atoms with Crippen LogP contribution in [0.15, 0.2) is 17.4 Å². The summed E-state index contributed by atoms with van der Waals surface area (Å²) >= 11 is 0. The minimum Gasteiger partial charge on any atom is -0.461 e. The van der Waals surface area contributed by atoms with Crippen LogP contribution in [0.1, 0.15) is 12.7 Å². The summed E-state index contributed by atoms with van der Waals surface area (Å²) in [6, 6.07) is 1.41. The smallest absolute Gasteiger partial charge is 0.364 e. The van der Waals surface area contributed by atoms with Crippen LogP contribution in [0.5, 0.6) is 0 Å². The monoisotopic (exact) mass is 238 g/mol. The van der Waals surface area contributed by atoms with Gasteiger partial charge < -0.3 is 15.3 Å². The molecule has 17 heavy (non-hydrogen) atoms. The van der Waals surface area contributed by atoms with Crippen molar-refractivity contribution >= 4 is 23.9 Å². The molecule has 1 heterocycles. The third kappa shape index (κ3) is 3.23. The number of amides is 1. The molecule has 0 aliphatic rings. The molecule has 2 N–H and O–H groups in total. The molecule has 0 aliphatic heterocycles. The Morgan fingerprint density at radius 2 is 2.47 bits per heavy atom. The predicted molar refractivity (Wildman–Crippen MR) is 56.7 cm³/mol. The molecule has 8 nitrogen and oxygen atoms in total. The number of carbonyl (C=O) groups excluding carboxylic acids is 2. The summed E-state index contributed by atoms with van der Waals surface area (Å²) in [6.07, 6.45) is 1.73. The summed E-state index contributed by atoms with van der Waals surface area (Å²) in [5.74, 6) is -0.813. The van der Waals surface area contributed by atoms with E-state index >= 15 is 0 Å². The molecule has 1 rings (SSSR count). The highest BCUT2D eigenvalue weighted by atomic mass is 16.5. The van der Waals surface area contributed by atoms with Crippen LogP contribution in [-0.4, -0.2) is 39.9 Å². The van der Waals surface area contributed by atoms with Gasteiger partial charge in [0.05, 0.1) is 6.61 Å². The van der Waals surface area contributed by atoms with Gasteiger partial charge in [-0.25, -0.2) is 14.8 Å². The molecule has 0 saturated heterocycles. The van der Waals surface area contributed by atoms with Crippen LogP contribution >= 0.6 is 0 Å². The molecule has 0 bridgehead atoms. The van der Waals surface area contributed by atoms with Gasteiger partial charge in [-0.1, -0.05) is 5.16 Å². The third-order valence-corrected chi connectivity index (χ3v) is 1.64. The van der Waals surface area contributed by atoms with E-state index in [4.69, 9.17) is 5.21 Å². The number of aromatic nitrogens is 2. The van der Waals surface area contributed by atoms with E-state index in [1.807, 2.05) is 0 Å². The Kier molecular flexibility index (Phi) is 4.55. The Morgan fingerprint density at radius 3 is 3.06 bits per heavy atom. The largest absolute Gasteiger partial charge is 0.461 e. The van der Waals surface area contributed by atoms with Crippen molar-refractivity contribution < 1.29 is 19.5 Å². The molecule has 0 unspecified atom stereocenters. The van der Waals surface area contributed by atoms with Crippen molar-refractivity contribution in [2.45, 2.75) is 6.92 Å². The maximum absolute atomic E-state index is 11.4. The van der Waals surface area contributed by atoms with Crippen molar-refractivity contribution in [2.24, 2.45) is 5.16 Å². The fourth-order valence-corrected chi connectivity index (χ4v) is 0.990. The standard InChI is InChI=1S/C9H10N4O4/c1-2-17-9(15)7(13-16)8-10-4-3-6(12-8)11-5-14/h3-5,16H,2H2,1H3,(H,10,11,12,14)/b13-7-. The van der Waals surface area contributed by atoms with Gasteiger partial charge in [0.1, 0.15) is 5.82 Å². The molecule has 1 amide bonds. The Labute approximate surface area is 96.3 Å². The van der Waals surface area contributed by atoms with E-state index in [2.05, 4.69) is 25.2 Å². The number of nitrogens with one attached hydrogen (secondary N) is 1. The molecule has 0 fully saturated rings. The van der Waals surface area contributed by atoms with Crippen molar-refractivity contribution in [2.75, 3.05) is 11.9 Å². The molecule has 0 radical (unpaired) electrons. The van der Waals surface area contributed by atoms with Gasteiger partial charge in [0, 0.05) is 6.20 Å². The highest BCUT2D eigenvalue weighted by Gasteiger charge is 2.19. The van der Waals surface area contributed by atoms with E-state index in [-0.39, 0.29) is 18.2 Å². The average molecular weight is 238 g/mol. The first kappa shape index (κ1) is 12.6. The predicted octanol–water partition coefficient (Wildman–Crippen LogP) is -0.214. The number of carbonyl (C=O) groups is 2. The SMILES string of the molecule is CCOC(=O)/C(=N\O)c1nccc(NC=O)n1. The minimum atomic E-state index is -0.849. The van der Waals surface area contributed by atoms with Gasteiger partial charge in [0.25, 0.3) is 0 Å². The second kappa shape index (κ2) is 6.16. The summed E-state index contributed by atoms with van der Waals surface area (Å²) in [5, 5.41) is 13.8. The number of rotatable bonds is 5. The lowest BCUT2D eigenvalue weighted by molar-refractivity contribution is -0.135. The topological polar surface area (TPSA) is 114 Å². The number of esters is 1. The van der Waals surface area contributed by atoms with E-state index in [0.29, 0.717) is 6.41 Å². The van der Waals surface area contributed by atoms with Crippen molar-refractivity contribution in [3.8, 4) is 0 Å². The summed E-state index contributed by atoms with van der Waals surface area (Å²) in [7, 11) is 0. The number of anilines is 1. The zero-order chi connectivity index (χ0) is 12.7. The number of nitrogens with zero attached hydrogens (tertiary/aromatic N) is 3. The Balaban J connectivity index is 3.00. The van der Waals surface area contributed by atoms with Gasteiger partial charge in [0.15, 0.2) is 5.82 Å². The van der Waals surface area contributed by atoms with E-state index in [0.717, 1.165) is 0 Å². The third-order valence-electron chi connectivity index (χ3n) is 1.64. The molecule has 8 heteroatoms. The summed E-state index contributed by atoms with van der Waals surface area (Å²) in [4.78, 5) is 29.1.